The fraction of sp³-hybridized carbons (Fsp3) is 0.370. The quantitative estimate of drug-likeness (QED) is 0.174. The fourth-order valence-corrected chi connectivity index (χ4v) is 4.85. The number of rotatable bonds is 8. The largest absolute Gasteiger partial charge is 0.367 e. The number of carbonyl (C=O) groups excluding carboxylic acids is 3. The van der Waals surface area contributed by atoms with Crippen LogP contribution in [0.15, 0.2) is 53.9 Å². The van der Waals surface area contributed by atoms with Gasteiger partial charge in [-0.2, -0.15) is 4.91 Å². The SMILES string of the molecule is CC(C)(CC(=O)N1CC(=O)c2c(Nc3ccccc3)c(C3=CC(N(N)C(=O)C4CC4)NC=C3)n(N)c2C1)N=O. The van der Waals surface area contributed by atoms with Crippen LogP contribution >= 0.6 is 0 Å². The molecule has 1 aromatic carbocycles. The lowest BCUT2D eigenvalue weighted by Gasteiger charge is -2.29. The summed E-state index contributed by atoms with van der Waals surface area (Å²) in [4.78, 5) is 51.7. The van der Waals surface area contributed by atoms with Gasteiger partial charge in [0.1, 0.15) is 11.7 Å². The smallest absolute Gasteiger partial charge is 0.241 e. The van der Waals surface area contributed by atoms with E-state index in [-0.39, 0.29) is 43.0 Å². The Morgan fingerprint density at radius 3 is 2.59 bits per heavy atom. The zero-order valence-electron chi connectivity index (χ0n) is 21.9. The van der Waals surface area contributed by atoms with Crippen molar-refractivity contribution >= 4 is 34.5 Å². The van der Waals surface area contributed by atoms with Crippen molar-refractivity contribution in [1.82, 2.24) is 19.9 Å². The maximum atomic E-state index is 13.5. The van der Waals surface area contributed by atoms with E-state index < -0.39 is 11.7 Å². The number of ketones is 1. The van der Waals surface area contributed by atoms with Crippen LogP contribution in [0.25, 0.3) is 5.57 Å². The highest BCUT2D eigenvalue weighted by molar-refractivity contribution is 6.09. The zero-order chi connectivity index (χ0) is 27.9. The molecule has 1 aromatic heterocycles. The number of fused-ring (bicyclic) bond motifs is 1. The second-order valence-electron chi connectivity index (χ2n) is 10.7. The number of hydrazine groups is 1. The Morgan fingerprint density at radius 2 is 1.92 bits per heavy atom. The number of carbonyl (C=O) groups is 3. The van der Waals surface area contributed by atoms with E-state index in [2.05, 4.69) is 15.8 Å². The van der Waals surface area contributed by atoms with Crippen LogP contribution < -0.4 is 22.3 Å². The summed E-state index contributed by atoms with van der Waals surface area (Å²) < 4.78 is 1.41. The Morgan fingerprint density at radius 1 is 1.21 bits per heavy atom. The van der Waals surface area contributed by atoms with Crippen LogP contribution in [-0.2, 0) is 16.1 Å². The van der Waals surface area contributed by atoms with Crippen molar-refractivity contribution in [2.24, 2.45) is 16.9 Å². The maximum Gasteiger partial charge on any atom is 0.241 e. The second-order valence-corrected chi connectivity index (χ2v) is 10.7. The molecule has 3 heterocycles. The van der Waals surface area contributed by atoms with Crippen molar-refractivity contribution in [3.8, 4) is 0 Å². The molecule has 204 valence electrons. The van der Waals surface area contributed by atoms with Crippen molar-refractivity contribution in [2.75, 3.05) is 17.7 Å². The first-order valence-corrected chi connectivity index (χ1v) is 12.8. The van der Waals surface area contributed by atoms with Gasteiger partial charge >= 0.3 is 0 Å². The topological polar surface area (TPSA) is 168 Å². The van der Waals surface area contributed by atoms with Crippen LogP contribution in [0.2, 0.25) is 0 Å². The lowest BCUT2D eigenvalue weighted by atomic mass is 9.98. The number of para-hydroxylation sites is 1. The first-order valence-electron chi connectivity index (χ1n) is 12.8. The number of nitrogen functional groups attached to an aromatic ring is 1. The van der Waals surface area contributed by atoms with Crippen LogP contribution in [0, 0.1) is 10.8 Å². The predicted octanol–water partition coefficient (Wildman–Crippen LogP) is 2.34. The molecule has 0 radical (unpaired) electrons. The van der Waals surface area contributed by atoms with Crippen LogP contribution in [0.3, 0.4) is 0 Å². The number of hydrogen-bond donors (Lipinski definition) is 4. The highest BCUT2D eigenvalue weighted by Gasteiger charge is 2.38. The molecule has 1 saturated carbocycles. The molecule has 1 atom stereocenters. The third kappa shape index (κ3) is 5.15. The zero-order valence-corrected chi connectivity index (χ0v) is 21.9. The average molecular weight is 533 g/mol. The molecule has 2 aromatic rings. The van der Waals surface area contributed by atoms with E-state index in [9.17, 15) is 19.3 Å². The molecule has 5 rings (SSSR count). The van der Waals surface area contributed by atoms with Crippen LogP contribution in [0.5, 0.6) is 0 Å². The summed E-state index contributed by atoms with van der Waals surface area (Å²) >= 11 is 0. The van der Waals surface area contributed by atoms with Gasteiger partial charge in [-0.25, -0.2) is 5.84 Å². The van der Waals surface area contributed by atoms with Crippen molar-refractivity contribution in [1.29, 1.82) is 0 Å². The van der Waals surface area contributed by atoms with Gasteiger partial charge in [-0.1, -0.05) is 23.4 Å². The molecule has 3 aliphatic rings. The number of nitrogens with one attached hydrogen (secondary N) is 2. The molecule has 0 saturated heterocycles. The summed E-state index contributed by atoms with van der Waals surface area (Å²) in [5.74, 6) is 12.0. The number of benzene rings is 1. The van der Waals surface area contributed by atoms with Crippen molar-refractivity contribution < 1.29 is 14.4 Å². The average Bonchev–Trinajstić information content (AvgIpc) is 3.74. The van der Waals surface area contributed by atoms with E-state index in [4.69, 9.17) is 11.7 Å². The number of nitroso groups, excluding NO2 is 1. The van der Waals surface area contributed by atoms with Crippen LogP contribution in [-0.4, -0.2) is 50.4 Å². The van der Waals surface area contributed by atoms with E-state index in [1.807, 2.05) is 30.3 Å². The molecule has 1 unspecified atom stereocenters. The molecule has 6 N–H and O–H groups in total. The van der Waals surface area contributed by atoms with Gasteiger partial charge in [0, 0.05) is 17.2 Å². The van der Waals surface area contributed by atoms with Crippen molar-refractivity contribution in [2.45, 2.75) is 51.4 Å². The minimum atomic E-state index is -1.10. The molecule has 1 fully saturated rings. The molecule has 39 heavy (non-hydrogen) atoms. The van der Waals surface area contributed by atoms with Crippen LogP contribution in [0.4, 0.5) is 11.4 Å². The molecule has 12 nitrogen and oxygen atoms in total. The molecule has 2 amide bonds. The number of Topliss-reactive ketones (excluding diaryl/α,β-unsaturated/α-hetero) is 1. The van der Waals surface area contributed by atoms with Gasteiger partial charge in [0.25, 0.3) is 0 Å². The lowest BCUT2D eigenvalue weighted by molar-refractivity contribution is -0.134. The van der Waals surface area contributed by atoms with Crippen LogP contribution in [0.1, 0.15) is 54.9 Å². The highest BCUT2D eigenvalue weighted by atomic mass is 16.3. The number of nitrogens with zero attached hydrogens (tertiary/aromatic N) is 4. The van der Waals surface area contributed by atoms with Gasteiger partial charge in [0.05, 0.1) is 42.1 Å². The third-order valence-corrected chi connectivity index (χ3v) is 7.11. The molecule has 12 heteroatoms. The van der Waals surface area contributed by atoms with Gasteiger partial charge < -0.3 is 21.4 Å². The molecule has 2 aliphatic heterocycles. The molecule has 1 aliphatic carbocycles. The first-order chi connectivity index (χ1) is 18.6. The van der Waals surface area contributed by atoms with Gasteiger partial charge in [-0.3, -0.25) is 24.1 Å². The number of nitrogens with two attached hydrogens (primary N) is 2. The number of allylic oxidation sites excluding steroid dienone is 2. The molecule has 0 bridgehead atoms. The highest BCUT2D eigenvalue weighted by Crippen LogP contribution is 2.39. The Kier molecular flexibility index (Phi) is 6.73. The number of aromatic nitrogens is 1. The maximum absolute atomic E-state index is 13.5. The number of dihydropyridines is 1. The first kappa shape index (κ1) is 26.2. The minimum absolute atomic E-state index is 0.0546. The number of hydrogen-bond acceptors (Lipinski definition) is 9. The number of amides is 2. The summed E-state index contributed by atoms with van der Waals surface area (Å²) in [7, 11) is 0. The fourth-order valence-electron chi connectivity index (χ4n) is 4.85. The minimum Gasteiger partial charge on any atom is -0.367 e. The Hall–Kier alpha value is -4.45. The second kappa shape index (κ2) is 10.0. The Bertz CT molecular complexity index is 1390. The van der Waals surface area contributed by atoms with Crippen molar-refractivity contribution in [3.05, 3.63) is 70.5 Å². The number of anilines is 2. The van der Waals surface area contributed by atoms with E-state index in [1.54, 1.807) is 32.2 Å². The lowest BCUT2D eigenvalue weighted by Crippen LogP contribution is -2.51. The predicted molar refractivity (Wildman–Crippen MR) is 146 cm³/mol. The summed E-state index contributed by atoms with van der Waals surface area (Å²) in [6, 6.07) is 9.36. The summed E-state index contributed by atoms with van der Waals surface area (Å²) in [5.41, 5.74) is 2.14. The van der Waals surface area contributed by atoms with Gasteiger partial charge in [-0.05, 0) is 57.2 Å². The van der Waals surface area contributed by atoms with E-state index in [0.29, 0.717) is 28.2 Å². The molecular formula is C27H32N8O4. The summed E-state index contributed by atoms with van der Waals surface area (Å²) in [6.45, 7) is 3.07. The van der Waals surface area contributed by atoms with Gasteiger partial charge in [0.2, 0.25) is 11.8 Å². The normalized spacial score (nSPS) is 18.6. The Balaban J connectivity index is 1.55. The summed E-state index contributed by atoms with van der Waals surface area (Å²) in [6.07, 6.45) is 6.17. The molecule has 0 spiro atoms. The third-order valence-electron chi connectivity index (χ3n) is 7.11. The van der Waals surface area contributed by atoms with E-state index >= 15 is 0 Å². The van der Waals surface area contributed by atoms with Crippen molar-refractivity contribution in [3.63, 3.8) is 0 Å². The van der Waals surface area contributed by atoms with Gasteiger partial charge in [-0.15, -0.1) is 0 Å². The Labute approximate surface area is 225 Å². The molecular weight excluding hydrogens is 500 g/mol. The van der Waals surface area contributed by atoms with E-state index in [0.717, 1.165) is 18.5 Å². The van der Waals surface area contributed by atoms with E-state index in [1.165, 1.54) is 14.6 Å². The monoisotopic (exact) mass is 532 g/mol. The summed E-state index contributed by atoms with van der Waals surface area (Å²) in [5, 5.41) is 10.6. The van der Waals surface area contributed by atoms with Gasteiger partial charge in [0.15, 0.2) is 5.78 Å². The standard InChI is InChI=1S/C27H32N8O4/c1-27(2,32-39)13-22(37)33-14-19-23(20(36)15-33)24(31-18-6-4-3-5-7-18)25(34(19)28)17-10-11-30-21(12-17)35(29)26(38)16-8-9-16/h3-7,10-12,16,21,30-31H,8-9,13-15,28-29H2,1-2H3.